The number of imidazole rings is 1. The van der Waals surface area contributed by atoms with Crippen molar-refractivity contribution in [3.63, 3.8) is 0 Å². The maximum absolute atomic E-state index is 12.4. The lowest BCUT2D eigenvalue weighted by Gasteiger charge is -2.34. The van der Waals surface area contributed by atoms with E-state index in [0.717, 1.165) is 30.5 Å². The van der Waals surface area contributed by atoms with Gasteiger partial charge in [-0.15, -0.1) is 0 Å². The standard InChI is InChI=1S/C15H17N3OS/c16-14(20)15(6-2-1-3-12(15)19)9-11-4-5-13-17-7-8-18(13)10-11/h4-5,7-8,10H,1-3,6,9H2,(H2,16,20). The Morgan fingerprint density at radius 1 is 1.45 bits per heavy atom. The van der Waals surface area contributed by atoms with Gasteiger partial charge in [-0.1, -0.05) is 24.7 Å². The molecule has 1 saturated carbocycles. The molecule has 0 bridgehead atoms. The van der Waals surface area contributed by atoms with Crippen LogP contribution >= 0.6 is 12.2 Å². The number of carbonyl (C=O) groups is 1. The molecule has 0 radical (unpaired) electrons. The van der Waals surface area contributed by atoms with Gasteiger partial charge in [0.25, 0.3) is 0 Å². The minimum Gasteiger partial charge on any atom is -0.392 e. The van der Waals surface area contributed by atoms with Crippen LogP contribution in [-0.2, 0) is 11.2 Å². The zero-order valence-corrected chi connectivity index (χ0v) is 12.0. The van der Waals surface area contributed by atoms with Gasteiger partial charge in [0.05, 0.1) is 10.4 Å². The molecular weight excluding hydrogens is 270 g/mol. The average Bonchev–Trinajstić information content (AvgIpc) is 2.88. The molecule has 0 saturated heterocycles. The number of fused-ring (bicyclic) bond motifs is 1. The normalized spacial score (nSPS) is 23.1. The predicted molar refractivity (Wildman–Crippen MR) is 81.6 cm³/mol. The van der Waals surface area contributed by atoms with Gasteiger partial charge in [-0.2, -0.15) is 0 Å². The van der Waals surface area contributed by atoms with Crippen LogP contribution in [0.1, 0.15) is 31.2 Å². The highest BCUT2D eigenvalue weighted by molar-refractivity contribution is 7.80. The monoisotopic (exact) mass is 287 g/mol. The van der Waals surface area contributed by atoms with Crippen LogP contribution < -0.4 is 5.73 Å². The van der Waals surface area contributed by atoms with E-state index in [9.17, 15) is 4.79 Å². The summed E-state index contributed by atoms with van der Waals surface area (Å²) in [6.07, 6.45) is 9.57. The summed E-state index contributed by atoms with van der Waals surface area (Å²) in [5.74, 6) is 0.196. The fourth-order valence-electron chi connectivity index (χ4n) is 3.04. The summed E-state index contributed by atoms with van der Waals surface area (Å²) in [5, 5.41) is 0. The van der Waals surface area contributed by atoms with Gasteiger partial charge in [0, 0.05) is 25.0 Å². The molecule has 3 rings (SSSR count). The molecular formula is C15H17N3OS. The van der Waals surface area contributed by atoms with Crippen LogP contribution in [0, 0.1) is 5.41 Å². The smallest absolute Gasteiger partial charge is 0.146 e. The molecule has 2 aromatic heterocycles. The molecule has 1 aliphatic carbocycles. The van der Waals surface area contributed by atoms with Gasteiger partial charge in [-0.25, -0.2) is 4.98 Å². The number of aromatic nitrogens is 2. The first-order chi connectivity index (χ1) is 9.62. The third-order valence-electron chi connectivity index (χ3n) is 4.22. The molecule has 4 nitrogen and oxygen atoms in total. The van der Waals surface area contributed by atoms with Crippen LogP contribution in [0.5, 0.6) is 0 Å². The minimum atomic E-state index is -0.651. The number of Topliss-reactive ketones (excluding diaryl/α,β-unsaturated/α-hetero) is 1. The quantitative estimate of drug-likeness (QED) is 0.880. The van der Waals surface area contributed by atoms with E-state index in [1.165, 1.54) is 0 Å². The maximum atomic E-state index is 12.4. The Morgan fingerprint density at radius 2 is 2.30 bits per heavy atom. The SMILES string of the molecule is NC(=S)C1(Cc2ccc3nccn3c2)CCCCC1=O. The second-order valence-electron chi connectivity index (χ2n) is 5.48. The number of hydrogen-bond donors (Lipinski definition) is 1. The van der Waals surface area contributed by atoms with Gasteiger partial charge in [0.2, 0.25) is 0 Å². The summed E-state index contributed by atoms with van der Waals surface area (Å²) in [6.45, 7) is 0. The van der Waals surface area contributed by atoms with E-state index in [2.05, 4.69) is 4.98 Å². The predicted octanol–water partition coefficient (Wildman–Crippen LogP) is 2.29. The van der Waals surface area contributed by atoms with Crippen molar-refractivity contribution in [2.75, 3.05) is 0 Å². The third-order valence-corrected chi connectivity index (χ3v) is 4.61. The Kier molecular flexibility index (Phi) is 3.30. The van der Waals surface area contributed by atoms with Crippen molar-refractivity contribution in [2.24, 2.45) is 11.1 Å². The van der Waals surface area contributed by atoms with Gasteiger partial charge in [0.15, 0.2) is 0 Å². The second kappa shape index (κ2) is 4.98. The van der Waals surface area contributed by atoms with Gasteiger partial charge >= 0.3 is 0 Å². The molecule has 5 heteroatoms. The third kappa shape index (κ3) is 2.12. The average molecular weight is 287 g/mol. The van der Waals surface area contributed by atoms with E-state index in [1.54, 1.807) is 6.20 Å². The summed E-state index contributed by atoms with van der Waals surface area (Å²) in [6, 6.07) is 3.96. The van der Waals surface area contributed by atoms with Crippen LogP contribution in [0.25, 0.3) is 5.65 Å². The first kappa shape index (κ1) is 13.2. The number of nitrogens with two attached hydrogens (primary N) is 1. The van der Waals surface area contributed by atoms with Crippen LogP contribution in [-0.4, -0.2) is 20.2 Å². The molecule has 1 unspecified atom stereocenters. The largest absolute Gasteiger partial charge is 0.392 e. The highest BCUT2D eigenvalue weighted by Gasteiger charge is 2.42. The number of carbonyl (C=O) groups excluding carboxylic acids is 1. The lowest BCUT2D eigenvalue weighted by molar-refractivity contribution is -0.127. The van der Waals surface area contributed by atoms with Crippen LogP contribution in [0.2, 0.25) is 0 Å². The highest BCUT2D eigenvalue weighted by atomic mass is 32.1. The second-order valence-corrected chi connectivity index (χ2v) is 5.92. The molecule has 1 aliphatic rings. The first-order valence-electron chi connectivity index (χ1n) is 6.87. The molecule has 0 amide bonds. The number of nitrogens with zero attached hydrogens (tertiary/aromatic N) is 2. The molecule has 2 N–H and O–H groups in total. The van der Waals surface area contributed by atoms with E-state index in [1.807, 2.05) is 28.9 Å². The van der Waals surface area contributed by atoms with Crippen molar-refractivity contribution in [3.8, 4) is 0 Å². The molecule has 0 spiro atoms. The molecule has 2 heterocycles. The van der Waals surface area contributed by atoms with Gasteiger partial charge in [-0.3, -0.25) is 4.79 Å². The Hall–Kier alpha value is -1.75. The van der Waals surface area contributed by atoms with Crippen LogP contribution in [0.3, 0.4) is 0 Å². The van der Waals surface area contributed by atoms with Gasteiger partial charge in [0.1, 0.15) is 11.4 Å². The Balaban J connectivity index is 1.96. The van der Waals surface area contributed by atoms with E-state index in [0.29, 0.717) is 17.8 Å². The number of hydrogen-bond acceptors (Lipinski definition) is 3. The lowest BCUT2D eigenvalue weighted by atomic mass is 9.69. The molecule has 20 heavy (non-hydrogen) atoms. The topological polar surface area (TPSA) is 60.4 Å². The molecule has 0 aromatic carbocycles. The summed E-state index contributed by atoms with van der Waals surface area (Å²) >= 11 is 5.22. The molecule has 1 fully saturated rings. The number of rotatable bonds is 3. The molecule has 104 valence electrons. The van der Waals surface area contributed by atoms with Crippen molar-refractivity contribution in [1.82, 2.24) is 9.38 Å². The lowest BCUT2D eigenvalue weighted by Crippen LogP contribution is -2.46. The van der Waals surface area contributed by atoms with Crippen molar-refractivity contribution in [2.45, 2.75) is 32.1 Å². The Bertz CT molecular complexity index is 679. The first-order valence-corrected chi connectivity index (χ1v) is 7.27. The summed E-state index contributed by atoms with van der Waals surface area (Å²) in [5.41, 5.74) is 7.24. The Morgan fingerprint density at radius 3 is 3.05 bits per heavy atom. The van der Waals surface area contributed by atoms with E-state index in [4.69, 9.17) is 18.0 Å². The molecule has 2 aromatic rings. The van der Waals surface area contributed by atoms with E-state index in [-0.39, 0.29) is 5.78 Å². The minimum absolute atomic E-state index is 0.196. The zero-order chi connectivity index (χ0) is 14.2. The van der Waals surface area contributed by atoms with E-state index < -0.39 is 5.41 Å². The zero-order valence-electron chi connectivity index (χ0n) is 11.2. The van der Waals surface area contributed by atoms with Crippen LogP contribution in [0.4, 0.5) is 0 Å². The number of ketones is 1. The molecule has 0 aliphatic heterocycles. The fourth-order valence-corrected chi connectivity index (χ4v) is 3.33. The van der Waals surface area contributed by atoms with Gasteiger partial charge < -0.3 is 10.1 Å². The van der Waals surface area contributed by atoms with Crippen LogP contribution in [0.15, 0.2) is 30.7 Å². The Labute approximate surface area is 123 Å². The number of pyridine rings is 1. The van der Waals surface area contributed by atoms with Crippen molar-refractivity contribution in [1.29, 1.82) is 0 Å². The van der Waals surface area contributed by atoms with Crippen molar-refractivity contribution >= 4 is 28.6 Å². The van der Waals surface area contributed by atoms with Crippen molar-refractivity contribution < 1.29 is 4.79 Å². The highest BCUT2D eigenvalue weighted by Crippen LogP contribution is 2.37. The maximum Gasteiger partial charge on any atom is 0.146 e. The summed E-state index contributed by atoms with van der Waals surface area (Å²) in [4.78, 5) is 16.9. The van der Waals surface area contributed by atoms with Crippen molar-refractivity contribution in [3.05, 3.63) is 36.3 Å². The fraction of sp³-hybridized carbons (Fsp3) is 0.400. The summed E-state index contributed by atoms with van der Waals surface area (Å²) in [7, 11) is 0. The van der Waals surface area contributed by atoms with Gasteiger partial charge in [-0.05, 0) is 30.9 Å². The number of thiocarbonyl (C=S) groups is 1. The summed E-state index contributed by atoms with van der Waals surface area (Å²) < 4.78 is 1.95. The van der Waals surface area contributed by atoms with E-state index >= 15 is 0 Å². The molecule has 1 atom stereocenters.